The van der Waals surface area contributed by atoms with Gasteiger partial charge in [-0.2, -0.15) is 13.2 Å². The number of cyclic esters (lactones) is 1. The van der Waals surface area contributed by atoms with Crippen molar-refractivity contribution >= 4 is 17.8 Å². The van der Waals surface area contributed by atoms with E-state index in [-0.39, 0.29) is 17.7 Å². The molecule has 1 aromatic rings. The van der Waals surface area contributed by atoms with Gasteiger partial charge in [0.2, 0.25) is 6.10 Å². The van der Waals surface area contributed by atoms with Crippen LogP contribution in [0.3, 0.4) is 0 Å². The number of methoxy groups -OCH3 is 1. The molecule has 1 aliphatic heterocycles. The first-order chi connectivity index (χ1) is 13.5. The lowest BCUT2D eigenvalue weighted by Gasteiger charge is -2.21. The van der Waals surface area contributed by atoms with Gasteiger partial charge in [0.05, 0.1) is 13.2 Å². The van der Waals surface area contributed by atoms with Crippen LogP contribution in [0.15, 0.2) is 30.4 Å². The third kappa shape index (κ3) is 5.58. The number of hydrogen-bond donors (Lipinski definition) is 3. The Bertz CT molecular complexity index is 830. The molecule has 7 nitrogen and oxygen atoms in total. The number of esters is 1. The molecule has 0 aliphatic carbocycles. The molecule has 2 rings (SSSR count). The van der Waals surface area contributed by atoms with Gasteiger partial charge in [-0.25, -0.2) is 4.79 Å². The van der Waals surface area contributed by atoms with E-state index in [1.54, 1.807) is 0 Å². The minimum absolute atomic E-state index is 0.0339. The number of fused-ring (bicyclic) bond motifs is 1. The van der Waals surface area contributed by atoms with Gasteiger partial charge in [0.25, 0.3) is 0 Å². The SMILES string of the molecule is COc1cc(O)c2c(c1)/C=C/C[C@H](O)[C@H](O)C(=O)/C=C\C[C@H](C(F)(F)F)OC2=O. The largest absolute Gasteiger partial charge is 0.507 e. The number of phenolic OH excluding ortho intramolecular Hbond substituents is 1. The summed E-state index contributed by atoms with van der Waals surface area (Å²) in [7, 11) is 1.28. The molecule has 0 unspecified atom stereocenters. The normalized spacial score (nSPS) is 26.1. The van der Waals surface area contributed by atoms with E-state index in [1.807, 2.05) is 0 Å². The summed E-state index contributed by atoms with van der Waals surface area (Å²) in [6.45, 7) is 0. The Hall–Kier alpha value is -2.85. The van der Waals surface area contributed by atoms with E-state index in [4.69, 9.17) is 4.74 Å². The highest BCUT2D eigenvalue weighted by Crippen LogP contribution is 2.32. The van der Waals surface area contributed by atoms with Crippen LogP contribution in [0.4, 0.5) is 13.2 Å². The molecule has 10 heteroatoms. The number of carbonyl (C=O) groups excluding carboxylic acids is 2. The van der Waals surface area contributed by atoms with Gasteiger partial charge < -0.3 is 24.8 Å². The molecule has 3 atom stereocenters. The molecule has 0 spiro atoms. The first-order valence-electron chi connectivity index (χ1n) is 8.46. The molecule has 0 fully saturated rings. The van der Waals surface area contributed by atoms with Crippen molar-refractivity contribution in [2.45, 2.75) is 37.3 Å². The number of rotatable bonds is 1. The second-order valence-electron chi connectivity index (χ2n) is 6.24. The molecule has 0 aromatic heterocycles. The second-order valence-corrected chi connectivity index (χ2v) is 6.24. The van der Waals surface area contributed by atoms with Crippen LogP contribution in [0, 0.1) is 0 Å². The minimum Gasteiger partial charge on any atom is -0.507 e. The molecule has 1 heterocycles. The van der Waals surface area contributed by atoms with Crippen LogP contribution < -0.4 is 4.74 Å². The Morgan fingerprint density at radius 1 is 1.10 bits per heavy atom. The predicted octanol–water partition coefficient (Wildman–Crippen LogP) is 2.14. The first-order valence-corrected chi connectivity index (χ1v) is 8.46. The second kappa shape index (κ2) is 9.10. The van der Waals surface area contributed by atoms with Gasteiger partial charge in [0.1, 0.15) is 23.2 Å². The molecular formula is C19H19F3O7. The number of phenols is 1. The molecule has 0 saturated heterocycles. The maximum absolute atomic E-state index is 13.2. The maximum atomic E-state index is 13.2. The van der Waals surface area contributed by atoms with E-state index in [0.717, 1.165) is 12.1 Å². The van der Waals surface area contributed by atoms with Crippen molar-refractivity contribution < 1.29 is 47.6 Å². The summed E-state index contributed by atoms with van der Waals surface area (Å²) in [5.41, 5.74) is -0.558. The van der Waals surface area contributed by atoms with Crippen LogP contribution in [-0.2, 0) is 9.53 Å². The number of ketones is 1. The van der Waals surface area contributed by atoms with Crippen molar-refractivity contribution in [3.63, 3.8) is 0 Å². The van der Waals surface area contributed by atoms with Crippen molar-refractivity contribution in [1.82, 2.24) is 0 Å². The Morgan fingerprint density at radius 2 is 1.76 bits per heavy atom. The van der Waals surface area contributed by atoms with Gasteiger partial charge in [0, 0.05) is 12.5 Å². The topological polar surface area (TPSA) is 113 Å². The lowest BCUT2D eigenvalue weighted by molar-refractivity contribution is -0.203. The summed E-state index contributed by atoms with van der Waals surface area (Å²) in [6.07, 6.45) is -8.04. The highest BCUT2D eigenvalue weighted by molar-refractivity contribution is 5.97. The van der Waals surface area contributed by atoms with Crippen LogP contribution in [0.1, 0.15) is 28.8 Å². The maximum Gasteiger partial charge on any atom is 0.425 e. The molecule has 3 N–H and O–H groups in total. The first kappa shape index (κ1) is 22.4. The van der Waals surface area contributed by atoms with Crippen molar-refractivity contribution in [3.8, 4) is 11.5 Å². The zero-order valence-electron chi connectivity index (χ0n) is 15.2. The zero-order chi connectivity index (χ0) is 21.8. The molecule has 1 aromatic carbocycles. The summed E-state index contributed by atoms with van der Waals surface area (Å²) < 4.78 is 49.2. The molecule has 0 saturated carbocycles. The fraction of sp³-hybridized carbons (Fsp3) is 0.368. The quantitative estimate of drug-likeness (QED) is 0.601. The van der Waals surface area contributed by atoms with Gasteiger partial charge in [-0.15, -0.1) is 0 Å². The fourth-order valence-electron chi connectivity index (χ4n) is 2.59. The highest BCUT2D eigenvalue weighted by atomic mass is 19.4. The summed E-state index contributed by atoms with van der Waals surface area (Å²) in [4.78, 5) is 24.2. The van der Waals surface area contributed by atoms with Crippen LogP contribution >= 0.6 is 0 Å². The Morgan fingerprint density at radius 3 is 2.38 bits per heavy atom. The molecule has 0 radical (unpaired) electrons. The van der Waals surface area contributed by atoms with Crippen molar-refractivity contribution in [3.05, 3.63) is 41.5 Å². The van der Waals surface area contributed by atoms with Gasteiger partial charge in [0.15, 0.2) is 5.78 Å². The van der Waals surface area contributed by atoms with E-state index in [0.29, 0.717) is 6.08 Å². The number of aliphatic hydroxyl groups excluding tert-OH is 2. The zero-order valence-corrected chi connectivity index (χ0v) is 15.2. The van der Waals surface area contributed by atoms with E-state index in [2.05, 4.69) is 4.74 Å². The number of benzene rings is 1. The third-order valence-electron chi connectivity index (χ3n) is 4.14. The van der Waals surface area contributed by atoms with Crippen LogP contribution in [0.5, 0.6) is 11.5 Å². The molecule has 158 valence electrons. The number of ether oxygens (including phenoxy) is 2. The van der Waals surface area contributed by atoms with Gasteiger partial charge in [-0.3, -0.25) is 4.79 Å². The minimum atomic E-state index is -4.95. The number of hydrogen-bond acceptors (Lipinski definition) is 7. The third-order valence-corrected chi connectivity index (χ3v) is 4.14. The number of halogens is 3. The standard InChI is InChI=1S/C19H19F3O7/c1-28-11-8-10-4-2-5-12(23)17(26)13(24)6-3-7-15(19(20,21)22)29-18(27)16(10)14(25)9-11/h2-4,6,8-9,12,15,17,23,25-26H,5,7H2,1H3/b4-2+,6-3-/t12-,15+,17-/m0/s1. The highest BCUT2D eigenvalue weighted by Gasteiger charge is 2.42. The summed E-state index contributed by atoms with van der Waals surface area (Å²) in [5, 5.41) is 29.8. The molecule has 0 amide bonds. The molecule has 29 heavy (non-hydrogen) atoms. The van der Waals surface area contributed by atoms with Crippen molar-refractivity contribution in [2.75, 3.05) is 7.11 Å². The molecule has 0 bridgehead atoms. The average molecular weight is 416 g/mol. The number of aromatic hydroxyl groups is 1. The van der Waals surface area contributed by atoms with E-state index in [9.17, 15) is 38.1 Å². The summed E-state index contributed by atoms with van der Waals surface area (Å²) >= 11 is 0. The van der Waals surface area contributed by atoms with Crippen LogP contribution in [0.25, 0.3) is 6.08 Å². The Balaban J connectivity index is 2.55. The number of alkyl halides is 3. The Kier molecular flexibility index (Phi) is 7.04. The molecular weight excluding hydrogens is 397 g/mol. The monoisotopic (exact) mass is 416 g/mol. The van der Waals surface area contributed by atoms with Crippen LogP contribution in [-0.4, -0.2) is 58.7 Å². The van der Waals surface area contributed by atoms with Crippen molar-refractivity contribution in [2.24, 2.45) is 0 Å². The average Bonchev–Trinajstić information content (AvgIpc) is 2.64. The number of carbonyl (C=O) groups is 2. The smallest absolute Gasteiger partial charge is 0.425 e. The van der Waals surface area contributed by atoms with Gasteiger partial charge in [-0.1, -0.05) is 18.2 Å². The predicted molar refractivity (Wildman–Crippen MR) is 94.3 cm³/mol. The van der Waals surface area contributed by atoms with Crippen LogP contribution in [0.2, 0.25) is 0 Å². The van der Waals surface area contributed by atoms with Crippen molar-refractivity contribution in [1.29, 1.82) is 0 Å². The summed E-state index contributed by atoms with van der Waals surface area (Å²) in [6, 6.07) is 2.31. The number of aliphatic hydroxyl groups is 2. The summed E-state index contributed by atoms with van der Waals surface area (Å²) in [5.74, 6) is -2.96. The van der Waals surface area contributed by atoms with E-state index < -0.39 is 54.0 Å². The van der Waals surface area contributed by atoms with Gasteiger partial charge in [-0.05, 0) is 24.1 Å². The Labute approximate surface area is 163 Å². The lowest BCUT2D eigenvalue weighted by atomic mass is 10.0. The lowest BCUT2D eigenvalue weighted by Crippen LogP contribution is -2.34. The van der Waals surface area contributed by atoms with E-state index >= 15 is 0 Å². The fourth-order valence-corrected chi connectivity index (χ4v) is 2.59. The van der Waals surface area contributed by atoms with E-state index in [1.165, 1.54) is 25.3 Å². The molecule has 1 aliphatic rings. The van der Waals surface area contributed by atoms with Gasteiger partial charge >= 0.3 is 12.1 Å².